The molecule has 2 aromatic carbocycles. The Morgan fingerprint density at radius 2 is 1.64 bits per heavy atom. The number of aliphatic hydroxyl groups is 1. The Kier molecular flexibility index (Phi) is 8.21. The monoisotopic (exact) mass is 452 g/mol. The third-order valence-electron chi connectivity index (χ3n) is 5.61. The van der Waals surface area contributed by atoms with Gasteiger partial charge in [0.1, 0.15) is 12.6 Å². The third-order valence-corrected chi connectivity index (χ3v) is 5.61. The lowest BCUT2D eigenvalue weighted by Gasteiger charge is -2.19. The number of hydrogen-bond acceptors (Lipinski definition) is 5. The van der Waals surface area contributed by atoms with E-state index in [1.807, 2.05) is 48.5 Å². The zero-order chi connectivity index (χ0) is 23.8. The van der Waals surface area contributed by atoms with Crippen LogP contribution in [0, 0.1) is 0 Å². The summed E-state index contributed by atoms with van der Waals surface area (Å²) in [5.41, 5.74) is 4.41. The van der Waals surface area contributed by atoms with Crippen molar-refractivity contribution in [3.05, 3.63) is 72.3 Å². The number of allylic oxidation sites excluding steroid dienone is 1. The second-order valence-corrected chi connectivity index (χ2v) is 7.82. The SMILES string of the molecule is C=CCCC(NC(=O)OCC1c2ccccc2-c2ccccc21)C(=O)NCC[C@H](O)C(=O)O. The van der Waals surface area contributed by atoms with Gasteiger partial charge in [-0.25, -0.2) is 9.59 Å². The van der Waals surface area contributed by atoms with Gasteiger partial charge in [0, 0.05) is 18.9 Å². The first kappa shape index (κ1) is 24.0. The molecule has 8 heteroatoms. The van der Waals surface area contributed by atoms with Gasteiger partial charge in [0.05, 0.1) is 0 Å². The number of ether oxygens (including phenoxy) is 1. The highest BCUT2D eigenvalue weighted by Gasteiger charge is 2.29. The number of benzene rings is 2. The van der Waals surface area contributed by atoms with E-state index in [1.165, 1.54) is 0 Å². The van der Waals surface area contributed by atoms with Gasteiger partial charge in [-0.15, -0.1) is 6.58 Å². The summed E-state index contributed by atoms with van der Waals surface area (Å²) >= 11 is 0. The van der Waals surface area contributed by atoms with Crippen LogP contribution in [0.2, 0.25) is 0 Å². The summed E-state index contributed by atoms with van der Waals surface area (Å²) in [5, 5.41) is 23.2. The third kappa shape index (κ3) is 5.98. The topological polar surface area (TPSA) is 125 Å². The number of carbonyl (C=O) groups is 3. The number of carbonyl (C=O) groups excluding carboxylic acids is 2. The minimum atomic E-state index is -1.56. The van der Waals surface area contributed by atoms with Crippen LogP contribution in [0.4, 0.5) is 4.79 Å². The number of aliphatic hydroxyl groups excluding tert-OH is 1. The first-order valence-corrected chi connectivity index (χ1v) is 10.8. The molecule has 2 aromatic rings. The second-order valence-electron chi connectivity index (χ2n) is 7.82. The molecule has 0 saturated heterocycles. The van der Waals surface area contributed by atoms with Crippen molar-refractivity contribution < 1.29 is 29.3 Å². The Bertz CT molecular complexity index is 976. The minimum Gasteiger partial charge on any atom is -0.479 e. The molecule has 0 heterocycles. The first-order chi connectivity index (χ1) is 15.9. The van der Waals surface area contributed by atoms with Crippen molar-refractivity contribution in [2.24, 2.45) is 0 Å². The number of nitrogens with one attached hydrogen (secondary N) is 2. The van der Waals surface area contributed by atoms with Crippen molar-refractivity contribution in [1.29, 1.82) is 0 Å². The van der Waals surface area contributed by atoms with Gasteiger partial charge in [-0.1, -0.05) is 54.6 Å². The first-order valence-electron chi connectivity index (χ1n) is 10.8. The van der Waals surface area contributed by atoms with Gasteiger partial charge in [0.2, 0.25) is 5.91 Å². The van der Waals surface area contributed by atoms with E-state index in [4.69, 9.17) is 9.84 Å². The number of hydrogen-bond donors (Lipinski definition) is 4. The van der Waals surface area contributed by atoms with Crippen molar-refractivity contribution in [2.75, 3.05) is 13.2 Å². The molecule has 3 rings (SSSR count). The summed E-state index contributed by atoms with van der Waals surface area (Å²) in [6, 6.07) is 15.1. The Labute approximate surface area is 192 Å². The number of fused-ring (bicyclic) bond motifs is 3. The van der Waals surface area contributed by atoms with Crippen LogP contribution < -0.4 is 10.6 Å². The Hall–Kier alpha value is -3.65. The van der Waals surface area contributed by atoms with Gasteiger partial charge in [0.15, 0.2) is 6.10 Å². The summed E-state index contributed by atoms with van der Waals surface area (Å²) in [5.74, 6) is -1.94. The van der Waals surface area contributed by atoms with E-state index >= 15 is 0 Å². The average molecular weight is 453 g/mol. The molecule has 0 spiro atoms. The summed E-state index contributed by atoms with van der Waals surface area (Å²) in [6.45, 7) is 3.72. The molecule has 0 aromatic heterocycles. The lowest BCUT2D eigenvalue weighted by atomic mass is 9.98. The van der Waals surface area contributed by atoms with E-state index in [0.29, 0.717) is 12.8 Å². The molecule has 2 amide bonds. The molecule has 0 fully saturated rings. The predicted molar refractivity (Wildman–Crippen MR) is 123 cm³/mol. The summed E-state index contributed by atoms with van der Waals surface area (Å²) < 4.78 is 5.50. The molecule has 4 N–H and O–H groups in total. The maximum Gasteiger partial charge on any atom is 0.407 e. The molecular formula is C25H28N2O6. The fourth-order valence-corrected chi connectivity index (χ4v) is 3.91. The van der Waals surface area contributed by atoms with Crippen LogP contribution in [0.1, 0.15) is 36.3 Å². The van der Waals surface area contributed by atoms with Crippen LogP contribution in [0.15, 0.2) is 61.2 Å². The van der Waals surface area contributed by atoms with Crippen LogP contribution in [0.25, 0.3) is 11.1 Å². The van der Waals surface area contributed by atoms with Gasteiger partial charge in [-0.05, 0) is 35.1 Å². The van der Waals surface area contributed by atoms with Crippen molar-refractivity contribution >= 4 is 18.0 Å². The van der Waals surface area contributed by atoms with E-state index < -0.39 is 30.1 Å². The Morgan fingerprint density at radius 3 is 2.21 bits per heavy atom. The molecule has 0 radical (unpaired) electrons. The number of rotatable bonds is 11. The summed E-state index contributed by atoms with van der Waals surface area (Å²) in [7, 11) is 0. The van der Waals surface area contributed by atoms with Gasteiger partial charge in [-0.2, -0.15) is 0 Å². The molecule has 174 valence electrons. The smallest absolute Gasteiger partial charge is 0.407 e. The molecule has 0 aliphatic heterocycles. The number of carboxylic acids is 1. The molecule has 1 unspecified atom stereocenters. The average Bonchev–Trinajstić information content (AvgIpc) is 3.13. The minimum absolute atomic E-state index is 0.0384. The van der Waals surface area contributed by atoms with E-state index in [9.17, 15) is 19.5 Å². The quantitative estimate of drug-likeness (QED) is 0.389. The molecule has 0 saturated carbocycles. The van der Waals surface area contributed by atoms with E-state index in [0.717, 1.165) is 22.3 Å². The van der Waals surface area contributed by atoms with Crippen molar-refractivity contribution in [2.45, 2.75) is 37.3 Å². The fourth-order valence-electron chi connectivity index (χ4n) is 3.91. The van der Waals surface area contributed by atoms with Crippen LogP contribution in [0.3, 0.4) is 0 Å². The van der Waals surface area contributed by atoms with Crippen molar-refractivity contribution in [1.82, 2.24) is 10.6 Å². The van der Waals surface area contributed by atoms with Gasteiger partial charge in [-0.3, -0.25) is 4.79 Å². The number of amides is 2. The van der Waals surface area contributed by atoms with Gasteiger partial charge >= 0.3 is 12.1 Å². The van der Waals surface area contributed by atoms with Crippen LogP contribution in [-0.4, -0.2) is 53.5 Å². The maximum atomic E-state index is 12.5. The number of carboxylic acid groups (broad SMARTS) is 1. The molecule has 1 aliphatic rings. The molecule has 8 nitrogen and oxygen atoms in total. The van der Waals surface area contributed by atoms with Crippen LogP contribution in [-0.2, 0) is 14.3 Å². The van der Waals surface area contributed by atoms with Crippen LogP contribution >= 0.6 is 0 Å². The summed E-state index contributed by atoms with van der Waals surface area (Å²) in [6.07, 6.45) is 0.00726. The van der Waals surface area contributed by atoms with Crippen molar-refractivity contribution in [3.63, 3.8) is 0 Å². The lowest BCUT2D eigenvalue weighted by Crippen LogP contribution is -2.47. The zero-order valence-electron chi connectivity index (χ0n) is 18.2. The standard InChI is InChI=1S/C25H28N2O6/c1-2-3-12-21(23(29)26-14-13-22(28)24(30)31)27-25(32)33-15-20-18-10-6-4-8-16(18)17-9-5-7-11-19(17)20/h2,4-11,20-22,28H,1,3,12-15H2,(H,26,29)(H,27,32)(H,30,31)/t21?,22-/m0/s1. The highest BCUT2D eigenvalue weighted by atomic mass is 16.5. The molecule has 33 heavy (non-hydrogen) atoms. The van der Waals surface area contributed by atoms with E-state index in [1.54, 1.807) is 6.08 Å². The fraction of sp³-hybridized carbons (Fsp3) is 0.320. The lowest BCUT2D eigenvalue weighted by molar-refractivity contribution is -0.147. The summed E-state index contributed by atoms with van der Waals surface area (Å²) in [4.78, 5) is 35.7. The Balaban J connectivity index is 1.59. The second kappa shape index (κ2) is 11.3. The normalized spacial score (nSPS) is 13.8. The predicted octanol–water partition coefficient (Wildman–Crippen LogP) is 2.81. The Morgan fingerprint density at radius 1 is 1.03 bits per heavy atom. The van der Waals surface area contributed by atoms with Crippen molar-refractivity contribution in [3.8, 4) is 11.1 Å². The van der Waals surface area contributed by atoms with Crippen LogP contribution in [0.5, 0.6) is 0 Å². The largest absolute Gasteiger partial charge is 0.479 e. The maximum absolute atomic E-state index is 12.5. The van der Waals surface area contributed by atoms with Gasteiger partial charge < -0.3 is 25.6 Å². The highest BCUT2D eigenvalue weighted by molar-refractivity contribution is 5.85. The zero-order valence-corrected chi connectivity index (χ0v) is 18.2. The number of alkyl carbamates (subject to hydrolysis) is 1. The van der Waals surface area contributed by atoms with E-state index in [2.05, 4.69) is 17.2 Å². The molecule has 0 bridgehead atoms. The highest BCUT2D eigenvalue weighted by Crippen LogP contribution is 2.44. The van der Waals surface area contributed by atoms with E-state index in [-0.39, 0.29) is 25.5 Å². The van der Waals surface area contributed by atoms with Gasteiger partial charge in [0.25, 0.3) is 0 Å². The molecular weight excluding hydrogens is 424 g/mol. The molecule has 2 atom stereocenters. The number of aliphatic carboxylic acids is 1. The molecule has 1 aliphatic carbocycles.